The molecule has 7 heteroatoms. The zero-order valence-corrected chi connectivity index (χ0v) is 10.5. The van der Waals surface area contributed by atoms with Crippen molar-refractivity contribution in [3.63, 3.8) is 0 Å². The Balaban J connectivity index is 1.95. The number of benzene rings is 1. The first-order valence-electron chi connectivity index (χ1n) is 5.92. The lowest BCUT2D eigenvalue weighted by molar-refractivity contribution is -0.383. The Morgan fingerprint density at radius 2 is 2.20 bits per heavy atom. The third-order valence-corrected chi connectivity index (χ3v) is 2.72. The van der Waals surface area contributed by atoms with Crippen LogP contribution in [0.25, 0.3) is 0 Å². The molecule has 1 heterocycles. The first kappa shape index (κ1) is 13.6. The van der Waals surface area contributed by atoms with Crippen LogP contribution >= 0.6 is 0 Å². The molecular formula is C13H13N3O4. The van der Waals surface area contributed by atoms with E-state index in [0.717, 1.165) is 5.76 Å². The minimum Gasteiger partial charge on any atom is -0.469 e. The number of nitro benzene ring substituents is 1. The summed E-state index contributed by atoms with van der Waals surface area (Å²) >= 11 is 0. The Kier molecular flexibility index (Phi) is 3.99. The minimum absolute atomic E-state index is 0.0336. The summed E-state index contributed by atoms with van der Waals surface area (Å²) in [6, 6.07) is 7.47. The summed E-state index contributed by atoms with van der Waals surface area (Å²) in [6.07, 6.45) is 2.13. The van der Waals surface area contributed by atoms with Gasteiger partial charge >= 0.3 is 0 Å². The summed E-state index contributed by atoms with van der Waals surface area (Å²) in [5.41, 5.74) is 5.57. The monoisotopic (exact) mass is 275 g/mol. The normalized spacial score (nSPS) is 10.2. The number of rotatable bonds is 5. The van der Waals surface area contributed by atoms with Crippen LogP contribution in [0.4, 0.5) is 11.4 Å². The summed E-state index contributed by atoms with van der Waals surface area (Å²) in [4.78, 5) is 21.9. The van der Waals surface area contributed by atoms with Crippen LogP contribution in [0.1, 0.15) is 16.1 Å². The number of nitrogens with two attached hydrogens (primary N) is 1. The molecule has 0 aliphatic rings. The Morgan fingerprint density at radius 3 is 2.80 bits per heavy atom. The van der Waals surface area contributed by atoms with Gasteiger partial charge in [-0.1, -0.05) is 0 Å². The Hall–Kier alpha value is -2.83. The van der Waals surface area contributed by atoms with Crippen molar-refractivity contribution < 1.29 is 14.1 Å². The van der Waals surface area contributed by atoms with Gasteiger partial charge in [0.1, 0.15) is 11.4 Å². The van der Waals surface area contributed by atoms with E-state index in [2.05, 4.69) is 5.32 Å². The second-order valence-corrected chi connectivity index (χ2v) is 4.12. The van der Waals surface area contributed by atoms with E-state index in [0.29, 0.717) is 13.0 Å². The molecule has 2 aromatic rings. The smallest absolute Gasteiger partial charge is 0.292 e. The molecule has 1 aromatic heterocycles. The number of carbonyl (C=O) groups excluding carboxylic acids is 1. The largest absolute Gasteiger partial charge is 0.469 e. The molecule has 0 bridgehead atoms. The van der Waals surface area contributed by atoms with Crippen molar-refractivity contribution in [3.8, 4) is 0 Å². The second kappa shape index (κ2) is 5.87. The average Bonchev–Trinajstić information content (AvgIpc) is 2.91. The van der Waals surface area contributed by atoms with Crippen molar-refractivity contribution >= 4 is 17.3 Å². The second-order valence-electron chi connectivity index (χ2n) is 4.12. The lowest BCUT2D eigenvalue weighted by Crippen LogP contribution is -2.25. The van der Waals surface area contributed by atoms with Gasteiger partial charge in [-0.15, -0.1) is 0 Å². The van der Waals surface area contributed by atoms with Gasteiger partial charge in [0, 0.05) is 24.6 Å². The van der Waals surface area contributed by atoms with Crippen molar-refractivity contribution in [1.29, 1.82) is 0 Å². The van der Waals surface area contributed by atoms with Crippen LogP contribution in [0.5, 0.6) is 0 Å². The lowest BCUT2D eigenvalue weighted by atomic mass is 10.1. The lowest BCUT2D eigenvalue weighted by Gasteiger charge is -2.05. The van der Waals surface area contributed by atoms with Gasteiger partial charge in [0.25, 0.3) is 11.6 Å². The Bertz CT molecular complexity index is 623. The van der Waals surface area contributed by atoms with Gasteiger partial charge < -0.3 is 15.5 Å². The van der Waals surface area contributed by atoms with E-state index in [9.17, 15) is 14.9 Å². The number of nitro groups is 1. The summed E-state index contributed by atoms with van der Waals surface area (Å²) in [5, 5.41) is 13.3. The fourth-order valence-electron chi connectivity index (χ4n) is 1.72. The SMILES string of the molecule is Nc1cc(C(=O)NCCc2ccco2)ccc1[N+](=O)[O-]. The highest BCUT2D eigenvalue weighted by Crippen LogP contribution is 2.21. The molecule has 0 fully saturated rings. The molecule has 0 spiro atoms. The highest BCUT2D eigenvalue weighted by molar-refractivity contribution is 5.95. The zero-order chi connectivity index (χ0) is 14.5. The van der Waals surface area contributed by atoms with Crippen molar-refractivity contribution in [3.05, 3.63) is 58.0 Å². The molecule has 1 amide bonds. The van der Waals surface area contributed by atoms with Gasteiger partial charge in [0.05, 0.1) is 11.2 Å². The zero-order valence-electron chi connectivity index (χ0n) is 10.5. The van der Waals surface area contributed by atoms with Gasteiger partial charge in [-0.05, 0) is 24.3 Å². The average molecular weight is 275 g/mol. The van der Waals surface area contributed by atoms with Crippen LogP contribution in [0, 0.1) is 10.1 Å². The van der Waals surface area contributed by atoms with E-state index in [1.807, 2.05) is 6.07 Å². The molecular weight excluding hydrogens is 262 g/mol. The van der Waals surface area contributed by atoms with E-state index in [4.69, 9.17) is 10.2 Å². The number of hydrogen-bond donors (Lipinski definition) is 2. The fraction of sp³-hybridized carbons (Fsp3) is 0.154. The number of nitrogen functional groups attached to an aromatic ring is 1. The maximum absolute atomic E-state index is 11.8. The molecule has 1 aromatic carbocycles. The molecule has 0 atom stereocenters. The third-order valence-electron chi connectivity index (χ3n) is 2.72. The van der Waals surface area contributed by atoms with Crippen LogP contribution in [0.15, 0.2) is 41.0 Å². The molecule has 7 nitrogen and oxygen atoms in total. The van der Waals surface area contributed by atoms with Crippen molar-refractivity contribution in [2.24, 2.45) is 0 Å². The highest BCUT2D eigenvalue weighted by Gasteiger charge is 2.14. The predicted octanol–water partition coefficient (Wildman–Crippen LogP) is 1.74. The van der Waals surface area contributed by atoms with Crippen molar-refractivity contribution in [2.45, 2.75) is 6.42 Å². The topological polar surface area (TPSA) is 111 Å². The Labute approximate surface area is 114 Å². The summed E-state index contributed by atoms with van der Waals surface area (Å²) < 4.78 is 5.14. The Morgan fingerprint density at radius 1 is 1.40 bits per heavy atom. The van der Waals surface area contributed by atoms with Gasteiger partial charge in [-0.2, -0.15) is 0 Å². The number of carbonyl (C=O) groups is 1. The van der Waals surface area contributed by atoms with E-state index in [-0.39, 0.29) is 22.8 Å². The maximum atomic E-state index is 11.8. The van der Waals surface area contributed by atoms with Crippen LogP contribution in [0.3, 0.4) is 0 Å². The minimum atomic E-state index is -0.589. The maximum Gasteiger partial charge on any atom is 0.292 e. The summed E-state index contributed by atoms with van der Waals surface area (Å²) in [7, 11) is 0. The number of amides is 1. The first-order valence-corrected chi connectivity index (χ1v) is 5.92. The molecule has 20 heavy (non-hydrogen) atoms. The third kappa shape index (κ3) is 3.14. The molecule has 0 saturated heterocycles. The van der Waals surface area contributed by atoms with Crippen LogP contribution in [-0.2, 0) is 6.42 Å². The molecule has 0 saturated carbocycles. The molecule has 0 aliphatic carbocycles. The first-order chi connectivity index (χ1) is 9.58. The molecule has 0 radical (unpaired) electrons. The standard InChI is InChI=1S/C13H13N3O4/c14-11-8-9(3-4-12(11)16(18)19)13(17)15-6-5-10-2-1-7-20-10/h1-4,7-8H,5-6,14H2,(H,15,17). The highest BCUT2D eigenvalue weighted by atomic mass is 16.6. The van der Waals surface area contributed by atoms with E-state index < -0.39 is 4.92 Å². The number of furan rings is 1. The van der Waals surface area contributed by atoms with Crippen molar-refractivity contribution in [1.82, 2.24) is 5.32 Å². The number of hydrogen-bond acceptors (Lipinski definition) is 5. The predicted molar refractivity (Wildman–Crippen MR) is 72.3 cm³/mol. The number of anilines is 1. The molecule has 2 rings (SSSR count). The van der Waals surface area contributed by atoms with Crippen LogP contribution in [-0.4, -0.2) is 17.4 Å². The van der Waals surface area contributed by atoms with Gasteiger partial charge in [-0.3, -0.25) is 14.9 Å². The van der Waals surface area contributed by atoms with Crippen molar-refractivity contribution in [2.75, 3.05) is 12.3 Å². The molecule has 0 unspecified atom stereocenters. The van der Waals surface area contributed by atoms with E-state index in [1.165, 1.54) is 18.2 Å². The van der Waals surface area contributed by atoms with E-state index >= 15 is 0 Å². The summed E-state index contributed by atoms with van der Waals surface area (Å²) in [5.74, 6) is 0.437. The number of nitrogens with zero attached hydrogens (tertiary/aromatic N) is 1. The summed E-state index contributed by atoms with van der Waals surface area (Å²) in [6.45, 7) is 0.406. The number of nitrogens with one attached hydrogen (secondary N) is 1. The van der Waals surface area contributed by atoms with Crippen LogP contribution in [0.2, 0.25) is 0 Å². The van der Waals surface area contributed by atoms with Gasteiger partial charge in [0.2, 0.25) is 0 Å². The molecule has 0 aliphatic heterocycles. The molecule has 104 valence electrons. The molecule has 3 N–H and O–H groups in total. The fourth-order valence-corrected chi connectivity index (χ4v) is 1.72. The van der Waals surface area contributed by atoms with Gasteiger partial charge in [0.15, 0.2) is 0 Å². The van der Waals surface area contributed by atoms with E-state index in [1.54, 1.807) is 12.3 Å². The van der Waals surface area contributed by atoms with Crippen LogP contribution < -0.4 is 11.1 Å². The quantitative estimate of drug-likeness (QED) is 0.490. The van der Waals surface area contributed by atoms with Gasteiger partial charge in [-0.25, -0.2) is 0 Å².